The number of pyridine rings is 1. The monoisotopic (exact) mass is 723 g/mol. The maximum atomic E-state index is 12.4. The van der Waals surface area contributed by atoms with Gasteiger partial charge in [0.15, 0.2) is 0 Å². The molecule has 8 aliphatic carbocycles. The number of benzene rings is 4. The minimum absolute atomic E-state index is 0.121. The van der Waals surface area contributed by atoms with E-state index in [1.807, 2.05) is 0 Å². The molecular formula is C53H57NO. The molecule has 8 aliphatic rings. The normalized spacial score (nSPS) is 31.3. The van der Waals surface area contributed by atoms with Gasteiger partial charge in [-0.25, -0.2) is 4.98 Å². The molecule has 4 aromatic carbocycles. The summed E-state index contributed by atoms with van der Waals surface area (Å²) in [5.41, 5.74) is 17.2. The van der Waals surface area contributed by atoms with Crippen molar-refractivity contribution in [2.75, 3.05) is 0 Å². The second-order valence-electron chi connectivity index (χ2n) is 20.2. The van der Waals surface area contributed by atoms with Crippen LogP contribution < -0.4 is 0 Å². The minimum atomic E-state index is 0.121. The quantitative estimate of drug-likeness (QED) is 0.189. The van der Waals surface area contributed by atoms with Crippen molar-refractivity contribution in [1.29, 1.82) is 0 Å². The van der Waals surface area contributed by atoms with E-state index in [0.717, 1.165) is 63.6 Å². The molecule has 8 fully saturated rings. The minimum Gasteiger partial charge on any atom is -0.507 e. The molecule has 8 saturated carbocycles. The molecule has 5 aromatic rings. The lowest BCUT2D eigenvalue weighted by Crippen LogP contribution is -2.48. The van der Waals surface area contributed by atoms with Gasteiger partial charge in [-0.3, -0.25) is 0 Å². The molecule has 8 bridgehead atoms. The third kappa shape index (κ3) is 5.67. The Labute approximate surface area is 328 Å². The Bertz CT molecular complexity index is 2290. The molecule has 280 valence electrons. The van der Waals surface area contributed by atoms with Gasteiger partial charge >= 0.3 is 0 Å². The van der Waals surface area contributed by atoms with Crippen LogP contribution in [0.1, 0.15) is 110 Å². The van der Waals surface area contributed by atoms with Gasteiger partial charge in [0.2, 0.25) is 0 Å². The van der Waals surface area contributed by atoms with Crippen molar-refractivity contribution in [3.05, 3.63) is 118 Å². The summed E-state index contributed by atoms with van der Waals surface area (Å²) in [5.74, 6) is 5.76. The number of hydrogen-bond donors (Lipinski definition) is 1. The van der Waals surface area contributed by atoms with Gasteiger partial charge in [0.25, 0.3) is 0 Å². The van der Waals surface area contributed by atoms with Gasteiger partial charge in [0.05, 0.1) is 11.4 Å². The second-order valence-corrected chi connectivity index (χ2v) is 20.2. The maximum Gasteiger partial charge on any atom is 0.127 e. The van der Waals surface area contributed by atoms with E-state index in [0.29, 0.717) is 11.2 Å². The summed E-state index contributed by atoms with van der Waals surface area (Å²) < 4.78 is 0. The summed E-state index contributed by atoms with van der Waals surface area (Å²) in [6, 6.07) is 32.3. The van der Waals surface area contributed by atoms with Crippen molar-refractivity contribution in [2.45, 2.75) is 116 Å². The third-order valence-electron chi connectivity index (χ3n) is 15.8. The summed E-state index contributed by atoms with van der Waals surface area (Å²) in [7, 11) is 0. The SMILES string of the molecule is Cc1cc(-c2ccc(C)cc2-c2cccc(-c3cc(C)ccc3-c3cc(C)cc(C45CC6CC(CC(C6)C4)C5)c3O)n2)cc(C23CC4CC(CC(C4)C2)C3)c1. The summed E-state index contributed by atoms with van der Waals surface area (Å²) >= 11 is 0. The zero-order chi connectivity index (χ0) is 37.2. The molecule has 1 N–H and O–H groups in total. The van der Waals surface area contributed by atoms with E-state index in [1.165, 1.54) is 122 Å². The predicted molar refractivity (Wildman–Crippen MR) is 226 cm³/mol. The van der Waals surface area contributed by atoms with Gasteiger partial charge in [-0.15, -0.1) is 0 Å². The molecule has 0 spiro atoms. The lowest BCUT2D eigenvalue weighted by Gasteiger charge is -2.57. The Morgan fingerprint density at radius 3 is 1.49 bits per heavy atom. The fourth-order valence-corrected chi connectivity index (χ4v) is 14.5. The van der Waals surface area contributed by atoms with Crippen LogP contribution in [0, 0.1) is 63.2 Å². The Kier molecular flexibility index (Phi) is 7.70. The van der Waals surface area contributed by atoms with Gasteiger partial charge < -0.3 is 5.11 Å². The molecule has 2 heteroatoms. The highest BCUT2D eigenvalue weighted by Gasteiger charge is 2.53. The Morgan fingerprint density at radius 1 is 0.455 bits per heavy atom. The van der Waals surface area contributed by atoms with Gasteiger partial charge in [-0.1, -0.05) is 71.3 Å². The Balaban J connectivity index is 1.00. The molecule has 0 unspecified atom stereocenters. The van der Waals surface area contributed by atoms with Crippen LogP contribution >= 0.6 is 0 Å². The first-order chi connectivity index (χ1) is 26.6. The number of phenols is 1. The van der Waals surface area contributed by atoms with Gasteiger partial charge in [-0.2, -0.15) is 0 Å². The highest BCUT2D eigenvalue weighted by atomic mass is 16.3. The van der Waals surface area contributed by atoms with Crippen LogP contribution in [-0.4, -0.2) is 10.1 Å². The Hall–Kier alpha value is -4.17. The molecule has 13 rings (SSSR count). The number of nitrogens with zero attached hydrogens (tertiary/aromatic N) is 1. The highest BCUT2D eigenvalue weighted by molar-refractivity contribution is 5.88. The van der Waals surface area contributed by atoms with Crippen molar-refractivity contribution < 1.29 is 5.11 Å². The maximum absolute atomic E-state index is 12.4. The molecule has 0 amide bonds. The predicted octanol–water partition coefficient (Wildman–Crippen LogP) is 13.6. The summed E-state index contributed by atoms with van der Waals surface area (Å²) in [6.45, 7) is 8.90. The van der Waals surface area contributed by atoms with E-state index in [4.69, 9.17) is 4.98 Å². The number of hydrogen-bond acceptors (Lipinski definition) is 2. The fraction of sp³-hybridized carbons (Fsp3) is 0.453. The van der Waals surface area contributed by atoms with Crippen molar-refractivity contribution in [3.8, 4) is 50.5 Å². The highest BCUT2D eigenvalue weighted by Crippen LogP contribution is 2.63. The average Bonchev–Trinajstić information content (AvgIpc) is 3.14. The molecule has 0 atom stereocenters. The van der Waals surface area contributed by atoms with E-state index < -0.39 is 0 Å². The van der Waals surface area contributed by atoms with Crippen LogP contribution in [0.3, 0.4) is 0 Å². The molecule has 1 heterocycles. The average molecular weight is 724 g/mol. The van der Waals surface area contributed by atoms with Gasteiger partial charge in [0, 0.05) is 22.3 Å². The van der Waals surface area contributed by atoms with Crippen molar-refractivity contribution >= 4 is 0 Å². The Morgan fingerprint density at radius 2 is 0.927 bits per heavy atom. The molecule has 55 heavy (non-hydrogen) atoms. The molecular weight excluding hydrogens is 667 g/mol. The van der Waals surface area contributed by atoms with Crippen LogP contribution in [0.4, 0.5) is 0 Å². The number of phenolic OH excluding ortho intramolecular Hbond substituents is 1. The van der Waals surface area contributed by atoms with Gasteiger partial charge in [-0.05, 0) is 209 Å². The largest absolute Gasteiger partial charge is 0.507 e. The summed E-state index contributed by atoms with van der Waals surface area (Å²) in [5, 5.41) is 12.4. The molecule has 1 aromatic heterocycles. The first-order valence-electron chi connectivity index (χ1n) is 21.7. The molecule has 2 nitrogen and oxygen atoms in total. The topological polar surface area (TPSA) is 33.1 Å². The smallest absolute Gasteiger partial charge is 0.127 e. The van der Waals surface area contributed by atoms with Crippen molar-refractivity contribution in [2.24, 2.45) is 35.5 Å². The summed E-state index contributed by atoms with van der Waals surface area (Å²) in [4.78, 5) is 5.51. The van der Waals surface area contributed by atoms with E-state index in [-0.39, 0.29) is 5.41 Å². The first kappa shape index (κ1) is 34.1. The van der Waals surface area contributed by atoms with E-state index in [2.05, 4.69) is 113 Å². The first-order valence-corrected chi connectivity index (χ1v) is 21.7. The lowest BCUT2D eigenvalue weighted by atomic mass is 9.48. The van der Waals surface area contributed by atoms with E-state index in [1.54, 1.807) is 5.56 Å². The van der Waals surface area contributed by atoms with Crippen LogP contribution in [0.5, 0.6) is 5.75 Å². The van der Waals surface area contributed by atoms with Gasteiger partial charge in [0.1, 0.15) is 5.75 Å². The molecule has 0 radical (unpaired) electrons. The zero-order valence-electron chi connectivity index (χ0n) is 33.4. The van der Waals surface area contributed by atoms with Crippen LogP contribution in [-0.2, 0) is 10.8 Å². The zero-order valence-corrected chi connectivity index (χ0v) is 33.4. The van der Waals surface area contributed by atoms with Crippen LogP contribution in [0.25, 0.3) is 44.8 Å². The standard InChI is InChI=1S/C53H57NO/c1-31-8-10-43(41-12-33(3)13-42(24-41)52-25-35-18-36(26-52)20-37(19-35)27-52)45(14-31)49-6-5-7-50(54-49)46-15-32(2)9-11-44(46)47-16-34(4)17-48(51(47)55)53-28-38-21-39(29-53)23-40(22-38)30-53/h5-17,24,35-40,55H,18-23,25-30H2,1-4H3. The molecule has 0 aliphatic heterocycles. The third-order valence-corrected chi connectivity index (χ3v) is 15.8. The van der Waals surface area contributed by atoms with Crippen LogP contribution in [0.2, 0.25) is 0 Å². The summed E-state index contributed by atoms with van der Waals surface area (Å²) in [6.07, 6.45) is 16.5. The van der Waals surface area contributed by atoms with Crippen molar-refractivity contribution in [1.82, 2.24) is 4.98 Å². The molecule has 0 saturated heterocycles. The second kappa shape index (κ2) is 12.4. The van der Waals surface area contributed by atoms with Crippen LogP contribution in [0.15, 0.2) is 84.9 Å². The number of rotatable bonds is 6. The van der Waals surface area contributed by atoms with E-state index >= 15 is 0 Å². The number of aromatic nitrogens is 1. The number of aromatic hydroxyl groups is 1. The van der Waals surface area contributed by atoms with Crippen molar-refractivity contribution in [3.63, 3.8) is 0 Å². The lowest BCUT2D eigenvalue weighted by molar-refractivity contribution is -0.00614. The number of aryl methyl sites for hydroxylation is 4. The van der Waals surface area contributed by atoms with E-state index in [9.17, 15) is 5.11 Å². The fourth-order valence-electron chi connectivity index (χ4n) is 14.5.